The zero-order valence-electron chi connectivity index (χ0n) is 16.6. The van der Waals surface area contributed by atoms with Crippen LogP contribution < -0.4 is 10.1 Å². The van der Waals surface area contributed by atoms with Crippen molar-refractivity contribution < 1.29 is 18.7 Å². The molecule has 5 nitrogen and oxygen atoms in total. The van der Waals surface area contributed by atoms with Crippen LogP contribution in [-0.4, -0.2) is 42.8 Å². The molecule has 2 aromatic rings. The van der Waals surface area contributed by atoms with Gasteiger partial charge in [-0.1, -0.05) is 43.3 Å². The highest BCUT2D eigenvalue weighted by molar-refractivity contribution is 5.88. The summed E-state index contributed by atoms with van der Waals surface area (Å²) in [6.07, 6.45) is 0.456. The first-order valence-electron chi connectivity index (χ1n) is 9.31. The number of nitrogens with one attached hydrogen (secondary N) is 1. The van der Waals surface area contributed by atoms with E-state index in [-0.39, 0.29) is 24.0 Å². The fourth-order valence-corrected chi connectivity index (χ4v) is 2.94. The largest absolute Gasteiger partial charge is 0.494 e. The van der Waals surface area contributed by atoms with Crippen molar-refractivity contribution in [3.8, 4) is 5.75 Å². The smallest absolute Gasteiger partial charge is 0.234 e. The molecular weight excluding hydrogens is 359 g/mol. The number of halogens is 1. The van der Waals surface area contributed by atoms with Gasteiger partial charge in [-0.05, 0) is 43.1 Å². The van der Waals surface area contributed by atoms with Gasteiger partial charge >= 0.3 is 0 Å². The number of ether oxygens (including phenoxy) is 1. The first kappa shape index (κ1) is 21.6. The minimum Gasteiger partial charge on any atom is -0.494 e. The number of methoxy groups -OCH3 is 1. The van der Waals surface area contributed by atoms with Crippen LogP contribution in [0.1, 0.15) is 25.0 Å². The molecule has 0 unspecified atom stereocenters. The highest BCUT2D eigenvalue weighted by Gasteiger charge is 2.19. The molecule has 1 amide bonds. The Bertz CT molecular complexity index is 796. The zero-order chi connectivity index (χ0) is 20.5. The van der Waals surface area contributed by atoms with E-state index in [9.17, 15) is 14.0 Å². The lowest BCUT2D eigenvalue weighted by atomic mass is 10.0. The standard InChI is InChI=1S/C22H27FN2O3/c1-4-25(14-18-10-11-21(28-3)19(23)12-18)15-22(27)24-20(16(2)26)13-17-8-6-5-7-9-17/h5-12,20H,4,13-15H2,1-3H3,(H,24,27)/t20-/m0/s1. The fraction of sp³-hybridized carbons (Fsp3) is 0.364. The number of hydrogen-bond acceptors (Lipinski definition) is 4. The molecule has 150 valence electrons. The Kier molecular flexibility index (Phi) is 8.14. The number of carbonyl (C=O) groups is 2. The lowest BCUT2D eigenvalue weighted by molar-refractivity contribution is -0.127. The Morgan fingerprint density at radius 1 is 1.14 bits per heavy atom. The molecule has 0 aliphatic rings. The van der Waals surface area contributed by atoms with Crippen molar-refractivity contribution in [2.75, 3.05) is 20.2 Å². The molecule has 0 saturated carbocycles. The number of Topliss-reactive ketones (excluding diaryl/α,β-unsaturated/α-hetero) is 1. The lowest BCUT2D eigenvalue weighted by Gasteiger charge is -2.22. The van der Waals surface area contributed by atoms with Gasteiger partial charge in [0.1, 0.15) is 0 Å². The summed E-state index contributed by atoms with van der Waals surface area (Å²) in [4.78, 5) is 26.3. The SMILES string of the molecule is CCN(CC(=O)N[C@@H](Cc1ccccc1)C(C)=O)Cc1ccc(OC)c(F)c1. The van der Waals surface area contributed by atoms with E-state index in [1.165, 1.54) is 20.1 Å². The lowest BCUT2D eigenvalue weighted by Crippen LogP contribution is -2.45. The summed E-state index contributed by atoms with van der Waals surface area (Å²) >= 11 is 0. The number of rotatable bonds is 10. The molecule has 1 atom stereocenters. The molecule has 0 aromatic heterocycles. The Hall–Kier alpha value is -2.73. The summed E-state index contributed by atoms with van der Waals surface area (Å²) in [5.41, 5.74) is 1.74. The Balaban J connectivity index is 1.96. The third kappa shape index (κ3) is 6.46. The van der Waals surface area contributed by atoms with Gasteiger partial charge in [0.2, 0.25) is 5.91 Å². The summed E-state index contributed by atoms with van der Waals surface area (Å²) in [7, 11) is 1.42. The van der Waals surface area contributed by atoms with Crippen molar-refractivity contribution in [1.82, 2.24) is 10.2 Å². The van der Waals surface area contributed by atoms with Crippen LogP contribution in [0.2, 0.25) is 0 Å². The molecule has 0 aliphatic heterocycles. The van der Waals surface area contributed by atoms with Gasteiger partial charge in [0.25, 0.3) is 0 Å². The number of benzene rings is 2. The van der Waals surface area contributed by atoms with Crippen LogP contribution in [0, 0.1) is 5.82 Å². The highest BCUT2D eigenvalue weighted by atomic mass is 19.1. The van der Waals surface area contributed by atoms with Gasteiger partial charge in [0.15, 0.2) is 17.3 Å². The predicted octanol–water partition coefficient (Wildman–Crippen LogP) is 2.97. The number of likely N-dealkylation sites (N-methyl/N-ethyl adjacent to an activating group) is 1. The van der Waals surface area contributed by atoms with E-state index in [1.807, 2.05) is 42.2 Å². The second-order valence-electron chi connectivity index (χ2n) is 6.69. The van der Waals surface area contributed by atoms with E-state index < -0.39 is 11.9 Å². The molecule has 2 rings (SSSR count). The highest BCUT2D eigenvalue weighted by Crippen LogP contribution is 2.18. The van der Waals surface area contributed by atoms with E-state index in [0.29, 0.717) is 19.5 Å². The first-order chi connectivity index (χ1) is 13.4. The molecule has 1 N–H and O–H groups in total. The van der Waals surface area contributed by atoms with Crippen molar-refractivity contribution >= 4 is 11.7 Å². The Morgan fingerprint density at radius 3 is 2.43 bits per heavy atom. The Morgan fingerprint density at radius 2 is 1.86 bits per heavy atom. The van der Waals surface area contributed by atoms with Crippen LogP contribution in [0.15, 0.2) is 48.5 Å². The average molecular weight is 386 g/mol. The monoisotopic (exact) mass is 386 g/mol. The average Bonchev–Trinajstić information content (AvgIpc) is 2.67. The summed E-state index contributed by atoms with van der Waals surface area (Å²) in [6.45, 7) is 4.58. The van der Waals surface area contributed by atoms with Crippen LogP contribution in [0.5, 0.6) is 5.75 Å². The maximum absolute atomic E-state index is 13.9. The minimum absolute atomic E-state index is 0.0857. The molecule has 28 heavy (non-hydrogen) atoms. The summed E-state index contributed by atoms with van der Waals surface area (Å²) in [5.74, 6) is -0.556. The third-order valence-corrected chi connectivity index (χ3v) is 4.55. The fourth-order valence-electron chi connectivity index (χ4n) is 2.94. The van der Waals surface area contributed by atoms with Crippen molar-refractivity contribution in [3.63, 3.8) is 0 Å². The van der Waals surface area contributed by atoms with Gasteiger partial charge in [0.05, 0.1) is 19.7 Å². The maximum atomic E-state index is 13.9. The zero-order valence-corrected chi connectivity index (χ0v) is 16.6. The summed E-state index contributed by atoms with van der Waals surface area (Å²) in [6, 6.07) is 13.8. The summed E-state index contributed by atoms with van der Waals surface area (Å²) in [5, 5.41) is 2.82. The van der Waals surface area contributed by atoms with Gasteiger partial charge in [-0.15, -0.1) is 0 Å². The number of nitrogens with zero attached hydrogens (tertiary/aromatic N) is 1. The molecule has 0 fully saturated rings. The van der Waals surface area contributed by atoms with E-state index in [4.69, 9.17) is 4.74 Å². The van der Waals surface area contributed by atoms with Gasteiger partial charge in [-0.3, -0.25) is 14.5 Å². The number of hydrogen-bond donors (Lipinski definition) is 1. The molecule has 0 bridgehead atoms. The van der Waals surface area contributed by atoms with Gasteiger partial charge < -0.3 is 10.1 Å². The van der Waals surface area contributed by atoms with Crippen LogP contribution >= 0.6 is 0 Å². The molecule has 0 heterocycles. The molecule has 2 aromatic carbocycles. The quantitative estimate of drug-likeness (QED) is 0.682. The maximum Gasteiger partial charge on any atom is 0.234 e. The normalized spacial score (nSPS) is 11.9. The Labute approximate surface area is 165 Å². The van der Waals surface area contributed by atoms with Crippen LogP contribution in [0.3, 0.4) is 0 Å². The van der Waals surface area contributed by atoms with Crippen LogP contribution in [-0.2, 0) is 22.6 Å². The van der Waals surface area contributed by atoms with Crippen molar-refractivity contribution in [1.29, 1.82) is 0 Å². The van der Waals surface area contributed by atoms with Crippen molar-refractivity contribution in [3.05, 3.63) is 65.5 Å². The number of amides is 1. The van der Waals surface area contributed by atoms with E-state index in [0.717, 1.165) is 11.1 Å². The molecule has 0 aliphatic carbocycles. The van der Waals surface area contributed by atoms with Crippen LogP contribution in [0.4, 0.5) is 4.39 Å². The van der Waals surface area contributed by atoms with Crippen molar-refractivity contribution in [2.45, 2.75) is 32.9 Å². The molecule has 0 radical (unpaired) electrons. The number of ketones is 1. The molecule has 0 spiro atoms. The predicted molar refractivity (Wildman–Crippen MR) is 107 cm³/mol. The molecule has 0 saturated heterocycles. The first-order valence-corrected chi connectivity index (χ1v) is 9.31. The van der Waals surface area contributed by atoms with Crippen LogP contribution in [0.25, 0.3) is 0 Å². The molecular formula is C22H27FN2O3. The van der Waals surface area contributed by atoms with Gasteiger partial charge in [-0.2, -0.15) is 0 Å². The minimum atomic E-state index is -0.563. The van der Waals surface area contributed by atoms with E-state index in [2.05, 4.69) is 5.32 Å². The number of carbonyl (C=O) groups excluding carboxylic acids is 2. The van der Waals surface area contributed by atoms with E-state index in [1.54, 1.807) is 12.1 Å². The van der Waals surface area contributed by atoms with Gasteiger partial charge in [0, 0.05) is 6.54 Å². The van der Waals surface area contributed by atoms with E-state index >= 15 is 0 Å². The molecule has 6 heteroatoms. The summed E-state index contributed by atoms with van der Waals surface area (Å²) < 4.78 is 18.8. The topological polar surface area (TPSA) is 58.6 Å². The van der Waals surface area contributed by atoms with Crippen molar-refractivity contribution in [2.24, 2.45) is 0 Å². The van der Waals surface area contributed by atoms with Gasteiger partial charge in [-0.25, -0.2) is 4.39 Å². The second kappa shape index (κ2) is 10.6. The second-order valence-corrected chi connectivity index (χ2v) is 6.69. The third-order valence-electron chi connectivity index (χ3n) is 4.55.